The molecule has 1 heterocycles. The Balaban J connectivity index is 1.20. The number of halogens is 1. The Bertz CT molecular complexity index is 1500. The van der Waals surface area contributed by atoms with Gasteiger partial charge in [-0.05, 0) is 54.3 Å². The van der Waals surface area contributed by atoms with Crippen molar-refractivity contribution in [2.24, 2.45) is 0 Å². The third-order valence-electron chi connectivity index (χ3n) is 5.89. The van der Waals surface area contributed by atoms with E-state index in [-0.39, 0.29) is 5.91 Å². The topological polar surface area (TPSA) is 66.0 Å². The van der Waals surface area contributed by atoms with Gasteiger partial charge in [-0.25, -0.2) is 0 Å². The molecule has 0 saturated carbocycles. The average Bonchev–Trinajstić information content (AvgIpc) is 2.89. The lowest BCUT2D eigenvalue weighted by Crippen LogP contribution is -2.26. The molecule has 35 heavy (non-hydrogen) atoms. The summed E-state index contributed by atoms with van der Waals surface area (Å²) in [5.74, 6) is -0.0997. The zero-order chi connectivity index (χ0) is 24.0. The Kier molecular flexibility index (Phi) is 6.77. The lowest BCUT2D eigenvalue weighted by molar-refractivity contribution is 0.0954. The van der Waals surface area contributed by atoms with Gasteiger partial charge in [0, 0.05) is 46.5 Å². The van der Waals surface area contributed by atoms with Crippen LogP contribution in [0, 0.1) is 0 Å². The number of amides is 1. The molecule has 174 valence electrons. The summed E-state index contributed by atoms with van der Waals surface area (Å²) in [4.78, 5) is 17.3. The first-order valence-corrected chi connectivity index (χ1v) is 12.0. The van der Waals surface area contributed by atoms with Gasteiger partial charge in [0.1, 0.15) is 0 Å². The summed E-state index contributed by atoms with van der Waals surface area (Å²) in [6, 6.07) is 29.5. The van der Waals surface area contributed by atoms with Gasteiger partial charge >= 0.3 is 0 Å². The highest BCUT2D eigenvalue weighted by Crippen LogP contribution is 2.28. The van der Waals surface area contributed by atoms with Gasteiger partial charge in [0.15, 0.2) is 0 Å². The quantitative estimate of drug-likeness (QED) is 0.209. The molecule has 0 unspecified atom stereocenters. The lowest BCUT2D eigenvalue weighted by Gasteiger charge is -2.14. The molecular weight excluding hydrogens is 456 g/mol. The van der Waals surface area contributed by atoms with Gasteiger partial charge in [-0.15, -0.1) is 0 Å². The molecule has 6 heteroatoms. The molecule has 4 aromatic carbocycles. The molecule has 5 nitrogen and oxygen atoms in total. The molecule has 0 spiro atoms. The molecule has 0 bridgehead atoms. The first-order valence-electron chi connectivity index (χ1n) is 11.6. The van der Waals surface area contributed by atoms with E-state index in [1.54, 1.807) is 6.20 Å². The number of rotatable bonds is 8. The van der Waals surface area contributed by atoms with E-state index < -0.39 is 0 Å². The first-order chi connectivity index (χ1) is 17.2. The zero-order valence-corrected chi connectivity index (χ0v) is 19.8. The van der Waals surface area contributed by atoms with Crippen molar-refractivity contribution in [3.05, 3.63) is 108 Å². The van der Waals surface area contributed by atoms with E-state index in [0.717, 1.165) is 51.7 Å². The van der Waals surface area contributed by atoms with Crippen LogP contribution in [0.25, 0.3) is 21.7 Å². The molecule has 0 aliphatic rings. The number of hydrogen-bond donors (Lipinski definition) is 3. The number of anilines is 3. The summed E-state index contributed by atoms with van der Waals surface area (Å²) < 4.78 is 0. The Morgan fingerprint density at radius 1 is 0.771 bits per heavy atom. The summed E-state index contributed by atoms with van der Waals surface area (Å²) in [6.45, 7) is 1.28. The van der Waals surface area contributed by atoms with E-state index in [2.05, 4.69) is 39.1 Å². The predicted molar refractivity (Wildman–Crippen MR) is 146 cm³/mol. The van der Waals surface area contributed by atoms with E-state index in [4.69, 9.17) is 11.6 Å². The van der Waals surface area contributed by atoms with Crippen molar-refractivity contribution < 1.29 is 4.79 Å². The molecule has 5 aromatic rings. The molecular formula is C29H25ClN4O. The fourth-order valence-electron chi connectivity index (χ4n) is 4.15. The molecule has 0 saturated heterocycles. The normalized spacial score (nSPS) is 10.9. The number of fused-ring (bicyclic) bond motifs is 2. The van der Waals surface area contributed by atoms with Gasteiger partial charge < -0.3 is 16.0 Å². The van der Waals surface area contributed by atoms with Gasteiger partial charge in [-0.3, -0.25) is 9.78 Å². The number of aromatic nitrogens is 1. The SMILES string of the molecule is O=C(NCCCNc1ccnc2cc(Cl)ccc12)c1ccccc1Nc1cccc2ccccc12. The largest absolute Gasteiger partial charge is 0.384 e. The summed E-state index contributed by atoms with van der Waals surface area (Å²) in [7, 11) is 0. The van der Waals surface area contributed by atoms with Gasteiger partial charge in [0.05, 0.1) is 16.8 Å². The van der Waals surface area contributed by atoms with Crippen LogP contribution in [0.2, 0.25) is 5.02 Å². The Morgan fingerprint density at radius 3 is 2.51 bits per heavy atom. The number of nitrogens with one attached hydrogen (secondary N) is 3. The molecule has 1 aromatic heterocycles. The molecule has 0 fully saturated rings. The number of pyridine rings is 1. The second kappa shape index (κ2) is 10.5. The van der Waals surface area contributed by atoms with Crippen LogP contribution < -0.4 is 16.0 Å². The van der Waals surface area contributed by atoms with Crippen molar-refractivity contribution in [2.75, 3.05) is 23.7 Å². The van der Waals surface area contributed by atoms with E-state index in [9.17, 15) is 4.79 Å². The summed E-state index contributed by atoms with van der Waals surface area (Å²) in [6.07, 6.45) is 2.55. The van der Waals surface area contributed by atoms with Crippen LogP contribution in [-0.2, 0) is 0 Å². The summed E-state index contributed by atoms with van der Waals surface area (Å²) >= 11 is 6.07. The van der Waals surface area contributed by atoms with Gasteiger partial charge in [0.2, 0.25) is 0 Å². The second-order valence-corrected chi connectivity index (χ2v) is 8.69. The van der Waals surface area contributed by atoms with Crippen molar-refractivity contribution in [2.45, 2.75) is 6.42 Å². The fourth-order valence-corrected chi connectivity index (χ4v) is 4.32. The minimum Gasteiger partial charge on any atom is -0.384 e. The number of carbonyl (C=O) groups excluding carboxylic acids is 1. The fraction of sp³-hybridized carbons (Fsp3) is 0.103. The maximum atomic E-state index is 13.0. The van der Waals surface area contributed by atoms with Crippen LogP contribution >= 0.6 is 11.6 Å². The Labute approximate surface area is 209 Å². The highest BCUT2D eigenvalue weighted by molar-refractivity contribution is 6.31. The van der Waals surface area contributed by atoms with E-state index in [1.165, 1.54) is 0 Å². The Hall–Kier alpha value is -4.09. The standard InChI is InChI=1S/C29H25ClN4O/c30-21-13-14-23-25(15-18-32-28(23)19-21)31-16-6-17-33-29(35)24-10-3-4-11-27(24)34-26-12-5-8-20-7-1-2-9-22(20)26/h1-5,7-15,18-19,34H,6,16-17H2,(H,31,32)(H,33,35). The summed E-state index contributed by atoms with van der Waals surface area (Å²) in [5, 5.41) is 13.9. The molecule has 3 N–H and O–H groups in total. The molecule has 5 rings (SSSR count). The van der Waals surface area contributed by atoms with Crippen LogP contribution in [0.15, 0.2) is 97.2 Å². The number of carbonyl (C=O) groups is 1. The van der Waals surface area contributed by atoms with Crippen molar-refractivity contribution >= 4 is 56.2 Å². The molecule has 0 radical (unpaired) electrons. The molecule has 0 atom stereocenters. The van der Waals surface area contributed by atoms with Crippen molar-refractivity contribution in [3.63, 3.8) is 0 Å². The molecule has 1 amide bonds. The maximum absolute atomic E-state index is 13.0. The molecule has 0 aliphatic carbocycles. The number of nitrogens with zero attached hydrogens (tertiary/aromatic N) is 1. The number of para-hydroxylation sites is 1. The number of benzene rings is 4. The summed E-state index contributed by atoms with van der Waals surface area (Å²) in [5.41, 5.74) is 4.22. The van der Waals surface area contributed by atoms with E-state index in [0.29, 0.717) is 17.1 Å². The molecule has 0 aliphatic heterocycles. The van der Waals surface area contributed by atoms with Crippen LogP contribution in [0.4, 0.5) is 17.1 Å². The smallest absolute Gasteiger partial charge is 0.253 e. The minimum absolute atomic E-state index is 0.0997. The van der Waals surface area contributed by atoms with E-state index in [1.807, 2.05) is 72.8 Å². The highest BCUT2D eigenvalue weighted by atomic mass is 35.5. The number of hydrogen-bond acceptors (Lipinski definition) is 4. The van der Waals surface area contributed by atoms with Gasteiger partial charge in [-0.2, -0.15) is 0 Å². The van der Waals surface area contributed by atoms with E-state index >= 15 is 0 Å². The lowest BCUT2D eigenvalue weighted by atomic mass is 10.1. The van der Waals surface area contributed by atoms with Gasteiger partial charge in [-0.1, -0.05) is 60.1 Å². The van der Waals surface area contributed by atoms with Crippen LogP contribution in [0.5, 0.6) is 0 Å². The van der Waals surface area contributed by atoms with Crippen LogP contribution in [0.1, 0.15) is 16.8 Å². The van der Waals surface area contributed by atoms with Crippen molar-refractivity contribution in [1.82, 2.24) is 10.3 Å². The minimum atomic E-state index is -0.0997. The third-order valence-corrected chi connectivity index (χ3v) is 6.13. The first kappa shape index (κ1) is 22.7. The van der Waals surface area contributed by atoms with Crippen LogP contribution in [0.3, 0.4) is 0 Å². The van der Waals surface area contributed by atoms with Gasteiger partial charge in [0.25, 0.3) is 5.91 Å². The maximum Gasteiger partial charge on any atom is 0.253 e. The van der Waals surface area contributed by atoms with Crippen molar-refractivity contribution in [3.8, 4) is 0 Å². The highest BCUT2D eigenvalue weighted by Gasteiger charge is 2.12. The monoisotopic (exact) mass is 480 g/mol. The predicted octanol–water partition coefficient (Wildman–Crippen LogP) is 7.02. The van der Waals surface area contributed by atoms with Crippen molar-refractivity contribution in [1.29, 1.82) is 0 Å². The Morgan fingerprint density at radius 2 is 1.57 bits per heavy atom. The zero-order valence-electron chi connectivity index (χ0n) is 19.1. The third kappa shape index (κ3) is 5.20. The second-order valence-electron chi connectivity index (χ2n) is 8.25. The van der Waals surface area contributed by atoms with Crippen LogP contribution in [-0.4, -0.2) is 24.0 Å². The average molecular weight is 481 g/mol.